The Kier molecular flexibility index (Phi) is 4.06. The van der Waals surface area contributed by atoms with E-state index in [1.165, 1.54) is 5.56 Å². The molecule has 0 radical (unpaired) electrons. The average Bonchev–Trinajstić information content (AvgIpc) is 2.96. The van der Waals surface area contributed by atoms with Gasteiger partial charge in [-0.3, -0.25) is 0 Å². The summed E-state index contributed by atoms with van der Waals surface area (Å²) in [5.41, 5.74) is 6.78. The first kappa shape index (κ1) is 13.9. The molecule has 1 aromatic carbocycles. The minimum atomic E-state index is 0.228. The zero-order valence-corrected chi connectivity index (χ0v) is 12.2. The highest BCUT2D eigenvalue weighted by atomic mass is 16.5. The second kappa shape index (κ2) is 6.13. The number of anilines is 1. The van der Waals surface area contributed by atoms with Crippen molar-refractivity contribution in [3.8, 4) is 5.75 Å². The summed E-state index contributed by atoms with van der Waals surface area (Å²) in [5.74, 6) is 2.59. The van der Waals surface area contributed by atoms with Crippen LogP contribution in [0, 0.1) is 0 Å². The highest BCUT2D eigenvalue weighted by Crippen LogP contribution is 2.29. The lowest BCUT2D eigenvalue weighted by Crippen LogP contribution is -2.24. The van der Waals surface area contributed by atoms with Crippen molar-refractivity contribution >= 4 is 5.95 Å². The summed E-state index contributed by atoms with van der Waals surface area (Å²) in [6.07, 6.45) is 2.74. The van der Waals surface area contributed by atoms with E-state index in [-0.39, 0.29) is 6.04 Å². The third-order valence-electron chi connectivity index (χ3n) is 3.78. The molecule has 0 saturated carbocycles. The second-order valence-electron chi connectivity index (χ2n) is 5.19. The molecule has 0 bridgehead atoms. The predicted octanol–water partition coefficient (Wildman–Crippen LogP) is 1.58. The molecule has 0 saturated heterocycles. The lowest BCUT2D eigenvalue weighted by atomic mass is 10.0. The zero-order valence-electron chi connectivity index (χ0n) is 12.2. The molecule has 2 heterocycles. The summed E-state index contributed by atoms with van der Waals surface area (Å²) < 4.78 is 7.21. The van der Waals surface area contributed by atoms with Gasteiger partial charge in [0.05, 0.1) is 13.2 Å². The number of nitrogens with two attached hydrogens (primary N) is 1. The molecule has 6 heteroatoms. The van der Waals surface area contributed by atoms with Crippen LogP contribution in [-0.2, 0) is 6.42 Å². The summed E-state index contributed by atoms with van der Waals surface area (Å²) in [4.78, 5) is 4.56. The number of rotatable bonds is 5. The molecular weight excluding hydrogens is 266 g/mol. The topological polar surface area (TPSA) is 78.0 Å². The quantitative estimate of drug-likeness (QED) is 0.873. The van der Waals surface area contributed by atoms with Crippen LogP contribution in [0.1, 0.15) is 30.3 Å². The molecule has 112 valence electrons. The van der Waals surface area contributed by atoms with Gasteiger partial charge in [0.2, 0.25) is 5.95 Å². The molecule has 1 unspecified atom stereocenters. The van der Waals surface area contributed by atoms with E-state index < -0.39 is 0 Å². The molecule has 0 amide bonds. The average molecular weight is 287 g/mol. The maximum atomic E-state index is 5.55. The van der Waals surface area contributed by atoms with E-state index >= 15 is 0 Å². The van der Waals surface area contributed by atoms with Crippen LogP contribution < -0.4 is 15.8 Å². The summed E-state index contributed by atoms with van der Waals surface area (Å²) in [7, 11) is 1.68. The van der Waals surface area contributed by atoms with E-state index in [1.807, 2.05) is 16.8 Å². The van der Waals surface area contributed by atoms with Gasteiger partial charge in [-0.2, -0.15) is 10.1 Å². The Hall–Kier alpha value is -2.08. The van der Waals surface area contributed by atoms with Gasteiger partial charge < -0.3 is 15.8 Å². The summed E-state index contributed by atoms with van der Waals surface area (Å²) in [5, 5.41) is 7.96. The molecule has 21 heavy (non-hydrogen) atoms. The van der Waals surface area contributed by atoms with E-state index in [0.717, 1.165) is 43.3 Å². The van der Waals surface area contributed by atoms with Gasteiger partial charge in [-0.15, -0.1) is 0 Å². The Balaban J connectivity index is 1.86. The monoisotopic (exact) mass is 287 g/mol. The van der Waals surface area contributed by atoms with Crippen molar-refractivity contribution in [3.63, 3.8) is 0 Å². The van der Waals surface area contributed by atoms with Crippen molar-refractivity contribution in [1.29, 1.82) is 0 Å². The van der Waals surface area contributed by atoms with Gasteiger partial charge in [-0.1, -0.05) is 12.1 Å². The van der Waals surface area contributed by atoms with E-state index in [2.05, 4.69) is 27.5 Å². The van der Waals surface area contributed by atoms with Crippen molar-refractivity contribution < 1.29 is 4.74 Å². The lowest BCUT2D eigenvalue weighted by Gasteiger charge is -2.24. The number of nitrogens with zero attached hydrogens (tertiary/aromatic N) is 3. The van der Waals surface area contributed by atoms with Gasteiger partial charge in [0, 0.05) is 13.0 Å². The number of hydrogen-bond donors (Lipinski definition) is 2. The van der Waals surface area contributed by atoms with Crippen LogP contribution in [0.5, 0.6) is 5.75 Å². The first-order chi connectivity index (χ1) is 10.3. The molecule has 0 aliphatic carbocycles. The first-order valence-electron chi connectivity index (χ1n) is 7.35. The highest BCUT2D eigenvalue weighted by Gasteiger charge is 2.24. The SMILES string of the molecule is COc1ccc(C2CCNc3nc(CCCN)nn32)cc1. The molecule has 0 spiro atoms. The Bertz CT molecular complexity index is 593. The fraction of sp³-hybridized carbons (Fsp3) is 0.467. The molecule has 1 aliphatic rings. The maximum Gasteiger partial charge on any atom is 0.221 e. The van der Waals surface area contributed by atoms with E-state index in [4.69, 9.17) is 10.5 Å². The number of aryl methyl sites for hydroxylation is 1. The summed E-state index contributed by atoms with van der Waals surface area (Å²) in [6, 6.07) is 8.40. The van der Waals surface area contributed by atoms with Gasteiger partial charge in [-0.25, -0.2) is 4.68 Å². The summed E-state index contributed by atoms with van der Waals surface area (Å²) in [6.45, 7) is 1.57. The molecule has 2 aromatic rings. The number of aromatic nitrogens is 3. The Labute approximate surface area is 124 Å². The molecule has 1 atom stereocenters. The van der Waals surface area contributed by atoms with Gasteiger partial charge in [0.15, 0.2) is 5.82 Å². The van der Waals surface area contributed by atoms with Crippen molar-refractivity contribution in [1.82, 2.24) is 14.8 Å². The fourth-order valence-corrected chi connectivity index (χ4v) is 2.65. The van der Waals surface area contributed by atoms with E-state index in [1.54, 1.807) is 7.11 Å². The molecule has 1 aromatic heterocycles. The van der Waals surface area contributed by atoms with Gasteiger partial charge in [0.25, 0.3) is 0 Å². The third kappa shape index (κ3) is 2.85. The highest BCUT2D eigenvalue weighted by molar-refractivity contribution is 5.35. The second-order valence-corrected chi connectivity index (χ2v) is 5.19. The molecular formula is C15H21N5O. The number of ether oxygens (including phenoxy) is 1. The standard InChI is InChI=1S/C15H21N5O/c1-21-12-6-4-11(5-7-12)13-8-10-17-15-18-14(3-2-9-16)19-20(13)15/h4-7,13H,2-3,8-10,16H2,1H3,(H,17,18,19). The molecule has 0 fully saturated rings. The number of fused-ring (bicyclic) bond motifs is 1. The minimum Gasteiger partial charge on any atom is -0.497 e. The Morgan fingerprint density at radius 3 is 2.90 bits per heavy atom. The van der Waals surface area contributed by atoms with Crippen LogP contribution in [-0.4, -0.2) is 35.0 Å². The van der Waals surface area contributed by atoms with Crippen molar-refractivity contribution in [2.75, 3.05) is 25.5 Å². The fourth-order valence-electron chi connectivity index (χ4n) is 2.65. The van der Waals surface area contributed by atoms with Crippen LogP contribution in [0.2, 0.25) is 0 Å². The largest absolute Gasteiger partial charge is 0.497 e. The van der Waals surface area contributed by atoms with Crippen LogP contribution in [0.25, 0.3) is 0 Å². The first-order valence-corrected chi connectivity index (χ1v) is 7.35. The maximum absolute atomic E-state index is 5.55. The normalized spacial score (nSPS) is 17.1. The summed E-state index contributed by atoms with van der Waals surface area (Å²) >= 11 is 0. The number of methoxy groups -OCH3 is 1. The number of hydrogen-bond acceptors (Lipinski definition) is 5. The number of nitrogens with one attached hydrogen (secondary N) is 1. The van der Waals surface area contributed by atoms with Gasteiger partial charge in [-0.05, 0) is 37.1 Å². The lowest BCUT2D eigenvalue weighted by molar-refractivity contribution is 0.413. The predicted molar refractivity (Wildman–Crippen MR) is 81.6 cm³/mol. The Morgan fingerprint density at radius 2 is 2.19 bits per heavy atom. The van der Waals surface area contributed by atoms with Crippen LogP contribution in [0.4, 0.5) is 5.95 Å². The zero-order chi connectivity index (χ0) is 14.7. The molecule has 3 rings (SSSR count). The molecule has 6 nitrogen and oxygen atoms in total. The smallest absolute Gasteiger partial charge is 0.221 e. The van der Waals surface area contributed by atoms with E-state index in [9.17, 15) is 0 Å². The van der Waals surface area contributed by atoms with Crippen molar-refractivity contribution in [3.05, 3.63) is 35.7 Å². The van der Waals surface area contributed by atoms with Gasteiger partial charge >= 0.3 is 0 Å². The van der Waals surface area contributed by atoms with Gasteiger partial charge in [0.1, 0.15) is 5.75 Å². The van der Waals surface area contributed by atoms with Crippen LogP contribution >= 0.6 is 0 Å². The minimum absolute atomic E-state index is 0.228. The molecule has 1 aliphatic heterocycles. The Morgan fingerprint density at radius 1 is 1.38 bits per heavy atom. The van der Waals surface area contributed by atoms with Crippen molar-refractivity contribution in [2.45, 2.75) is 25.3 Å². The van der Waals surface area contributed by atoms with Crippen molar-refractivity contribution in [2.24, 2.45) is 5.73 Å². The van der Waals surface area contributed by atoms with E-state index in [0.29, 0.717) is 6.54 Å². The van der Waals surface area contributed by atoms with Crippen LogP contribution in [0.15, 0.2) is 24.3 Å². The van der Waals surface area contributed by atoms with Crippen LogP contribution in [0.3, 0.4) is 0 Å². The number of benzene rings is 1. The third-order valence-corrected chi connectivity index (χ3v) is 3.78. The molecule has 3 N–H and O–H groups in total.